The van der Waals surface area contributed by atoms with E-state index in [9.17, 15) is 22.8 Å². The van der Waals surface area contributed by atoms with Crippen LogP contribution in [0.4, 0.5) is 18.9 Å². The molecule has 1 fully saturated rings. The summed E-state index contributed by atoms with van der Waals surface area (Å²) in [5.74, 6) is -0.154. The predicted octanol–water partition coefficient (Wildman–Crippen LogP) is 4.65. The summed E-state index contributed by atoms with van der Waals surface area (Å²) in [4.78, 5) is 29.2. The summed E-state index contributed by atoms with van der Waals surface area (Å²) in [7, 11) is 0. The second-order valence-electron chi connectivity index (χ2n) is 8.29. The van der Waals surface area contributed by atoms with Gasteiger partial charge in [-0.3, -0.25) is 14.5 Å². The minimum atomic E-state index is -4.56. The van der Waals surface area contributed by atoms with Crippen molar-refractivity contribution in [3.05, 3.63) is 71.8 Å². The number of fused-ring (bicyclic) bond motifs is 1. The highest BCUT2D eigenvalue weighted by Gasteiger charge is 2.34. The van der Waals surface area contributed by atoms with Crippen molar-refractivity contribution in [2.45, 2.75) is 13.1 Å². The Morgan fingerprint density at radius 3 is 2.23 bits per heavy atom. The van der Waals surface area contributed by atoms with Gasteiger partial charge in [-0.1, -0.05) is 36.4 Å². The first-order chi connectivity index (χ1) is 16.8. The highest BCUT2D eigenvalue weighted by molar-refractivity contribution is 6.01. The van der Waals surface area contributed by atoms with Gasteiger partial charge < -0.3 is 15.0 Å². The standard InChI is InChI=1S/C26H26F3N3O3/c1-2-35-23-16-19-8-4-3-7-18(19)15-20(23)25(34)32-13-11-31(12-14-32)17-24(33)30-22-10-6-5-9-21(22)26(27,28)29/h3-10,15-16H,2,11-14,17H2,1H3,(H,30,33). The van der Waals surface area contributed by atoms with Gasteiger partial charge in [0, 0.05) is 26.2 Å². The maximum atomic E-state index is 13.3. The van der Waals surface area contributed by atoms with Crippen molar-refractivity contribution in [3.63, 3.8) is 0 Å². The molecule has 1 saturated heterocycles. The van der Waals surface area contributed by atoms with Crippen LogP contribution in [0.5, 0.6) is 5.75 Å². The van der Waals surface area contributed by atoms with Crippen LogP contribution >= 0.6 is 0 Å². The van der Waals surface area contributed by atoms with E-state index in [2.05, 4.69) is 5.32 Å². The molecule has 4 rings (SSSR count). The first-order valence-electron chi connectivity index (χ1n) is 11.4. The molecule has 0 radical (unpaired) electrons. The molecule has 0 spiro atoms. The maximum absolute atomic E-state index is 13.3. The van der Waals surface area contributed by atoms with Crippen molar-refractivity contribution >= 4 is 28.3 Å². The summed E-state index contributed by atoms with van der Waals surface area (Å²) in [6.07, 6.45) is -4.56. The number of para-hydroxylation sites is 1. The summed E-state index contributed by atoms with van der Waals surface area (Å²) in [6, 6.07) is 16.3. The molecule has 3 aromatic rings. The molecule has 0 bridgehead atoms. The van der Waals surface area contributed by atoms with Gasteiger partial charge in [-0.25, -0.2) is 0 Å². The molecule has 1 aliphatic heterocycles. The Labute approximate surface area is 201 Å². The number of hydrogen-bond donors (Lipinski definition) is 1. The zero-order valence-corrected chi connectivity index (χ0v) is 19.3. The molecule has 184 valence electrons. The second kappa shape index (κ2) is 10.4. The lowest BCUT2D eigenvalue weighted by Crippen LogP contribution is -2.50. The number of alkyl halides is 3. The smallest absolute Gasteiger partial charge is 0.418 e. The molecular formula is C26H26F3N3O3. The summed E-state index contributed by atoms with van der Waals surface area (Å²) >= 11 is 0. The van der Waals surface area contributed by atoms with E-state index in [0.29, 0.717) is 44.1 Å². The Morgan fingerprint density at radius 1 is 0.943 bits per heavy atom. The number of benzene rings is 3. The van der Waals surface area contributed by atoms with Gasteiger partial charge in [-0.2, -0.15) is 13.2 Å². The van der Waals surface area contributed by atoms with Crippen LogP contribution in [-0.2, 0) is 11.0 Å². The molecule has 0 unspecified atom stereocenters. The molecule has 1 heterocycles. The summed E-state index contributed by atoms with van der Waals surface area (Å²) in [6.45, 7) is 3.87. The van der Waals surface area contributed by atoms with Gasteiger partial charge >= 0.3 is 6.18 Å². The van der Waals surface area contributed by atoms with Crippen LogP contribution in [0, 0.1) is 0 Å². The highest BCUT2D eigenvalue weighted by Crippen LogP contribution is 2.34. The normalized spacial score (nSPS) is 14.7. The SMILES string of the molecule is CCOc1cc2ccccc2cc1C(=O)N1CCN(CC(=O)Nc2ccccc2C(F)(F)F)CC1. The van der Waals surface area contributed by atoms with Gasteiger partial charge in [0.05, 0.1) is 30.0 Å². The number of nitrogens with one attached hydrogen (secondary N) is 1. The van der Waals surface area contributed by atoms with E-state index in [-0.39, 0.29) is 18.1 Å². The van der Waals surface area contributed by atoms with Crippen molar-refractivity contribution in [1.82, 2.24) is 9.80 Å². The zero-order valence-electron chi connectivity index (χ0n) is 19.3. The van der Waals surface area contributed by atoms with E-state index >= 15 is 0 Å². The second-order valence-corrected chi connectivity index (χ2v) is 8.29. The zero-order chi connectivity index (χ0) is 25.0. The van der Waals surface area contributed by atoms with E-state index in [4.69, 9.17) is 4.74 Å². The molecule has 1 aliphatic rings. The number of hydrogen-bond acceptors (Lipinski definition) is 4. The number of piperazine rings is 1. The van der Waals surface area contributed by atoms with Crippen molar-refractivity contribution in [1.29, 1.82) is 0 Å². The predicted molar refractivity (Wildman–Crippen MR) is 128 cm³/mol. The van der Waals surface area contributed by atoms with Crippen LogP contribution in [0.2, 0.25) is 0 Å². The number of nitrogens with zero attached hydrogens (tertiary/aromatic N) is 2. The van der Waals surface area contributed by atoms with Crippen LogP contribution in [0.3, 0.4) is 0 Å². The minimum absolute atomic E-state index is 0.0611. The summed E-state index contributed by atoms with van der Waals surface area (Å²) in [5.41, 5.74) is -0.664. The lowest BCUT2D eigenvalue weighted by Gasteiger charge is -2.34. The maximum Gasteiger partial charge on any atom is 0.418 e. The van der Waals surface area contributed by atoms with Crippen molar-refractivity contribution in [2.75, 3.05) is 44.6 Å². The Bertz CT molecular complexity index is 1220. The van der Waals surface area contributed by atoms with Crippen LogP contribution in [0.15, 0.2) is 60.7 Å². The first-order valence-corrected chi connectivity index (χ1v) is 11.4. The van der Waals surface area contributed by atoms with Gasteiger partial charge in [0.1, 0.15) is 5.75 Å². The third-order valence-electron chi connectivity index (χ3n) is 5.91. The number of carbonyl (C=O) groups excluding carboxylic acids is 2. The fourth-order valence-electron chi connectivity index (χ4n) is 4.17. The molecule has 3 aromatic carbocycles. The Hall–Kier alpha value is -3.59. The average molecular weight is 486 g/mol. The van der Waals surface area contributed by atoms with Crippen LogP contribution in [0.1, 0.15) is 22.8 Å². The lowest BCUT2D eigenvalue weighted by atomic mass is 10.0. The van der Waals surface area contributed by atoms with E-state index in [0.717, 1.165) is 16.8 Å². The molecule has 35 heavy (non-hydrogen) atoms. The molecule has 1 N–H and O–H groups in total. The molecule has 0 saturated carbocycles. The lowest BCUT2D eigenvalue weighted by molar-refractivity contribution is -0.137. The molecule has 0 atom stereocenters. The first kappa shape index (κ1) is 24.5. The number of carbonyl (C=O) groups is 2. The Morgan fingerprint density at radius 2 is 1.57 bits per heavy atom. The molecule has 9 heteroatoms. The monoisotopic (exact) mass is 485 g/mol. The van der Waals surface area contributed by atoms with Crippen LogP contribution in [-0.4, -0.2) is 60.9 Å². The van der Waals surface area contributed by atoms with Crippen molar-refractivity contribution in [2.24, 2.45) is 0 Å². The fraction of sp³-hybridized carbons (Fsp3) is 0.308. The third-order valence-corrected chi connectivity index (χ3v) is 5.91. The van der Waals surface area contributed by atoms with Crippen molar-refractivity contribution in [3.8, 4) is 5.75 Å². The molecule has 2 amide bonds. The quantitative estimate of drug-likeness (QED) is 0.552. The van der Waals surface area contributed by atoms with E-state index in [1.807, 2.05) is 48.2 Å². The number of ether oxygens (including phenoxy) is 1. The Balaban J connectivity index is 1.38. The van der Waals surface area contributed by atoms with Gasteiger partial charge in [0.25, 0.3) is 5.91 Å². The van der Waals surface area contributed by atoms with Crippen LogP contribution in [0.25, 0.3) is 10.8 Å². The minimum Gasteiger partial charge on any atom is -0.493 e. The molecule has 0 aliphatic carbocycles. The van der Waals surface area contributed by atoms with Gasteiger partial charge in [-0.05, 0) is 42.0 Å². The Kier molecular flexibility index (Phi) is 7.25. The number of anilines is 1. The summed E-state index contributed by atoms with van der Waals surface area (Å²) < 4.78 is 45.2. The van der Waals surface area contributed by atoms with E-state index in [1.54, 1.807) is 4.90 Å². The number of halogens is 3. The average Bonchev–Trinajstić information content (AvgIpc) is 2.83. The largest absolute Gasteiger partial charge is 0.493 e. The van der Waals surface area contributed by atoms with E-state index in [1.165, 1.54) is 18.2 Å². The molecular weight excluding hydrogens is 459 g/mol. The van der Waals surface area contributed by atoms with Crippen LogP contribution < -0.4 is 10.1 Å². The van der Waals surface area contributed by atoms with Gasteiger partial charge in [-0.15, -0.1) is 0 Å². The van der Waals surface area contributed by atoms with Crippen molar-refractivity contribution < 1.29 is 27.5 Å². The third kappa shape index (κ3) is 5.74. The van der Waals surface area contributed by atoms with Gasteiger partial charge in [0.2, 0.25) is 5.91 Å². The molecule has 0 aromatic heterocycles. The van der Waals surface area contributed by atoms with E-state index < -0.39 is 17.6 Å². The summed E-state index contributed by atoms with van der Waals surface area (Å²) in [5, 5.41) is 4.29. The number of amides is 2. The fourth-order valence-corrected chi connectivity index (χ4v) is 4.17. The number of rotatable bonds is 6. The van der Waals surface area contributed by atoms with Gasteiger partial charge in [0.15, 0.2) is 0 Å². The highest BCUT2D eigenvalue weighted by atomic mass is 19.4. The molecule has 6 nitrogen and oxygen atoms in total. The topological polar surface area (TPSA) is 61.9 Å².